The Morgan fingerprint density at radius 3 is 2.51 bits per heavy atom. The van der Waals surface area contributed by atoms with Crippen LogP contribution in [-0.4, -0.2) is 53.5 Å². The van der Waals surface area contributed by atoms with Crippen LogP contribution in [0.3, 0.4) is 0 Å². The molecule has 35 heavy (non-hydrogen) atoms. The summed E-state index contributed by atoms with van der Waals surface area (Å²) < 4.78 is 29.1. The standard InChI is InChI=1S/C23H26N6O5S/c1-24-20-8-7-19(15-21(20)29(31)32)35(33,34)27-13-10-18(11-14-27)23(30)26-22-9-12-25-28(22)16-17-5-3-2-4-6-17/h2-9,12,15,18,24H,10-11,13-14,16H2,1H3,(H,26,30). The molecule has 0 bridgehead atoms. The third-order valence-electron chi connectivity index (χ3n) is 6.04. The molecule has 184 valence electrons. The molecule has 0 saturated carbocycles. The topological polar surface area (TPSA) is 139 Å². The molecule has 4 rings (SSSR count). The molecule has 1 saturated heterocycles. The van der Waals surface area contributed by atoms with Crippen LogP contribution in [0.25, 0.3) is 0 Å². The molecule has 0 radical (unpaired) electrons. The molecule has 3 aromatic rings. The number of nitrogens with zero attached hydrogens (tertiary/aromatic N) is 4. The second-order valence-electron chi connectivity index (χ2n) is 8.21. The van der Waals surface area contributed by atoms with E-state index in [1.165, 1.54) is 23.5 Å². The molecule has 0 unspecified atom stereocenters. The number of benzene rings is 2. The molecule has 0 spiro atoms. The monoisotopic (exact) mass is 498 g/mol. The zero-order chi connectivity index (χ0) is 25.0. The molecule has 1 aliphatic rings. The summed E-state index contributed by atoms with van der Waals surface area (Å²) in [4.78, 5) is 23.4. The van der Waals surface area contributed by atoms with E-state index in [0.717, 1.165) is 11.6 Å². The number of rotatable bonds is 8. The maximum absolute atomic E-state index is 13.1. The van der Waals surface area contributed by atoms with E-state index in [2.05, 4.69) is 15.7 Å². The quantitative estimate of drug-likeness (QED) is 0.359. The zero-order valence-corrected chi connectivity index (χ0v) is 19.9. The third-order valence-corrected chi connectivity index (χ3v) is 7.94. The first-order valence-electron chi connectivity index (χ1n) is 11.1. The van der Waals surface area contributed by atoms with Crippen molar-refractivity contribution >= 4 is 33.1 Å². The predicted octanol–water partition coefficient (Wildman–Crippen LogP) is 2.92. The van der Waals surface area contributed by atoms with Crippen LogP contribution in [0.4, 0.5) is 17.2 Å². The fourth-order valence-electron chi connectivity index (χ4n) is 4.09. The first-order chi connectivity index (χ1) is 16.8. The largest absolute Gasteiger partial charge is 0.383 e. The Morgan fingerprint density at radius 2 is 1.86 bits per heavy atom. The van der Waals surface area contributed by atoms with Crippen LogP contribution in [0, 0.1) is 16.0 Å². The van der Waals surface area contributed by atoms with Crippen LogP contribution < -0.4 is 10.6 Å². The molecular weight excluding hydrogens is 472 g/mol. The van der Waals surface area contributed by atoms with Gasteiger partial charge in [0, 0.05) is 38.2 Å². The second-order valence-corrected chi connectivity index (χ2v) is 10.2. The molecule has 12 heteroatoms. The van der Waals surface area contributed by atoms with Gasteiger partial charge in [-0.2, -0.15) is 9.40 Å². The van der Waals surface area contributed by atoms with Gasteiger partial charge in [0.1, 0.15) is 11.5 Å². The van der Waals surface area contributed by atoms with Gasteiger partial charge in [0.05, 0.1) is 22.6 Å². The van der Waals surface area contributed by atoms with Crippen molar-refractivity contribution in [3.8, 4) is 0 Å². The normalized spacial score (nSPS) is 15.0. The van der Waals surface area contributed by atoms with Crippen LogP contribution in [0.15, 0.2) is 65.7 Å². The molecule has 1 fully saturated rings. The number of nitrogens with one attached hydrogen (secondary N) is 2. The van der Waals surface area contributed by atoms with Crippen molar-refractivity contribution in [2.45, 2.75) is 24.3 Å². The molecule has 2 N–H and O–H groups in total. The molecule has 2 heterocycles. The van der Waals surface area contributed by atoms with Crippen molar-refractivity contribution < 1.29 is 18.1 Å². The number of nitro groups is 1. The highest BCUT2D eigenvalue weighted by Gasteiger charge is 2.33. The van der Waals surface area contributed by atoms with E-state index in [0.29, 0.717) is 25.2 Å². The zero-order valence-electron chi connectivity index (χ0n) is 19.1. The summed E-state index contributed by atoms with van der Waals surface area (Å²) in [6.45, 7) is 0.801. The first-order valence-corrected chi connectivity index (χ1v) is 12.6. The fraction of sp³-hybridized carbons (Fsp3) is 0.304. The molecule has 1 aromatic heterocycles. The van der Waals surface area contributed by atoms with Gasteiger partial charge in [0.2, 0.25) is 15.9 Å². The van der Waals surface area contributed by atoms with Crippen molar-refractivity contribution in [1.29, 1.82) is 0 Å². The lowest BCUT2D eigenvalue weighted by Crippen LogP contribution is -2.41. The highest BCUT2D eigenvalue weighted by atomic mass is 32.2. The summed E-state index contributed by atoms with van der Waals surface area (Å²) in [5.41, 5.74) is 0.971. The summed E-state index contributed by atoms with van der Waals surface area (Å²) >= 11 is 0. The molecular formula is C23H26N6O5S. The lowest BCUT2D eigenvalue weighted by atomic mass is 9.97. The Bertz CT molecular complexity index is 1320. The Kier molecular flexibility index (Phi) is 7.12. The van der Waals surface area contributed by atoms with E-state index in [4.69, 9.17) is 0 Å². The number of carbonyl (C=O) groups is 1. The lowest BCUT2D eigenvalue weighted by Gasteiger charge is -2.30. The molecule has 1 amide bonds. The highest BCUT2D eigenvalue weighted by molar-refractivity contribution is 7.89. The van der Waals surface area contributed by atoms with Crippen molar-refractivity contribution in [3.05, 3.63) is 76.5 Å². The van der Waals surface area contributed by atoms with Crippen molar-refractivity contribution in [3.63, 3.8) is 0 Å². The van der Waals surface area contributed by atoms with Crippen molar-refractivity contribution in [2.24, 2.45) is 5.92 Å². The number of amides is 1. The summed E-state index contributed by atoms with van der Waals surface area (Å²) in [5, 5.41) is 21.2. The number of nitro benzene ring substituents is 1. The predicted molar refractivity (Wildman–Crippen MR) is 131 cm³/mol. The third kappa shape index (κ3) is 5.33. The molecule has 1 aliphatic heterocycles. The van der Waals surface area contributed by atoms with Gasteiger partial charge in [-0.15, -0.1) is 0 Å². The fourth-order valence-corrected chi connectivity index (χ4v) is 5.58. The number of carbonyl (C=O) groups excluding carboxylic acids is 1. The number of aromatic nitrogens is 2. The maximum Gasteiger partial charge on any atom is 0.293 e. The van der Waals surface area contributed by atoms with Gasteiger partial charge >= 0.3 is 0 Å². The van der Waals surface area contributed by atoms with E-state index in [1.807, 2.05) is 30.3 Å². The van der Waals surface area contributed by atoms with Crippen LogP contribution in [0.5, 0.6) is 0 Å². The van der Waals surface area contributed by atoms with Gasteiger partial charge in [-0.1, -0.05) is 30.3 Å². The minimum Gasteiger partial charge on any atom is -0.383 e. The van der Waals surface area contributed by atoms with Crippen LogP contribution in [0.2, 0.25) is 0 Å². The Morgan fingerprint density at radius 1 is 1.14 bits per heavy atom. The number of hydrogen-bond donors (Lipinski definition) is 2. The van der Waals surface area contributed by atoms with E-state index in [-0.39, 0.29) is 41.2 Å². The number of piperidine rings is 1. The van der Waals surface area contributed by atoms with E-state index < -0.39 is 14.9 Å². The maximum atomic E-state index is 13.1. The summed E-state index contributed by atoms with van der Waals surface area (Å²) in [5.74, 6) is 0.0271. The molecule has 0 aliphatic carbocycles. The van der Waals surface area contributed by atoms with E-state index >= 15 is 0 Å². The van der Waals surface area contributed by atoms with Crippen LogP contribution in [-0.2, 0) is 21.4 Å². The summed E-state index contributed by atoms with van der Waals surface area (Å²) in [6.07, 6.45) is 2.30. The van der Waals surface area contributed by atoms with Gasteiger partial charge in [-0.3, -0.25) is 14.9 Å². The lowest BCUT2D eigenvalue weighted by molar-refractivity contribution is -0.384. The second kappa shape index (κ2) is 10.2. The van der Waals surface area contributed by atoms with Gasteiger partial charge < -0.3 is 10.6 Å². The van der Waals surface area contributed by atoms with E-state index in [1.54, 1.807) is 16.9 Å². The Labute approximate surface area is 203 Å². The van der Waals surface area contributed by atoms with Crippen molar-refractivity contribution in [2.75, 3.05) is 30.8 Å². The van der Waals surface area contributed by atoms with E-state index in [9.17, 15) is 23.3 Å². The summed E-state index contributed by atoms with van der Waals surface area (Å²) in [6, 6.07) is 15.3. The van der Waals surface area contributed by atoms with Crippen LogP contribution >= 0.6 is 0 Å². The minimum absolute atomic E-state index is 0.143. The average Bonchev–Trinajstić information content (AvgIpc) is 3.30. The van der Waals surface area contributed by atoms with Crippen molar-refractivity contribution in [1.82, 2.24) is 14.1 Å². The Hall–Kier alpha value is -3.77. The van der Waals surface area contributed by atoms with Gasteiger partial charge in [0.15, 0.2) is 0 Å². The van der Waals surface area contributed by atoms with Gasteiger partial charge in [0.25, 0.3) is 5.69 Å². The molecule has 0 atom stereocenters. The molecule has 2 aromatic carbocycles. The SMILES string of the molecule is CNc1ccc(S(=O)(=O)N2CCC(C(=O)Nc3ccnn3Cc3ccccc3)CC2)cc1[N+](=O)[O-]. The van der Waals surface area contributed by atoms with Gasteiger partial charge in [-0.25, -0.2) is 13.1 Å². The Balaban J connectivity index is 1.39. The average molecular weight is 499 g/mol. The first kappa shape index (κ1) is 24.4. The minimum atomic E-state index is -3.93. The molecule has 11 nitrogen and oxygen atoms in total. The number of anilines is 2. The summed E-state index contributed by atoms with van der Waals surface area (Å²) in [7, 11) is -2.40. The number of sulfonamides is 1. The smallest absolute Gasteiger partial charge is 0.293 e. The number of hydrogen-bond acceptors (Lipinski definition) is 7. The van der Waals surface area contributed by atoms with Crippen LogP contribution in [0.1, 0.15) is 18.4 Å². The van der Waals surface area contributed by atoms with Gasteiger partial charge in [-0.05, 0) is 30.5 Å². The highest BCUT2D eigenvalue weighted by Crippen LogP contribution is 2.30.